The Bertz CT molecular complexity index is 1040. The maximum atomic E-state index is 13.4. The van der Waals surface area contributed by atoms with E-state index in [0.717, 1.165) is 11.3 Å². The third-order valence-corrected chi connectivity index (χ3v) is 5.27. The van der Waals surface area contributed by atoms with Crippen LogP contribution in [0.3, 0.4) is 0 Å². The first-order valence-corrected chi connectivity index (χ1v) is 9.74. The second kappa shape index (κ2) is 8.66. The summed E-state index contributed by atoms with van der Waals surface area (Å²) in [5, 5.41) is 3.77. The number of carbonyl (C=O) groups excluding carboxylic acids is 2. The molecule has 0 fully saturated rings. The first-order valence-electron chi connectivity index (χ1n) is 8.54. The van der Waals surface area contributed by atoms with Gasteiger partial charge in [-0.3, -0.25) is 4.79 Å². The van der Waals surface area contributed by atoms with Gasteiger partial charge in [0.25, 0.3) is 11.7 Å². The molecule has 1 aromatic carbocycles. The number of ether oxygens (including phenoxy) is 1. The molecule has 2 heterocycles. The summed E-state index contributed by atoms with van der Waals surface area (Å²) in [5.74, 6) is -1.44. The fraction of sp³-hybridized carbons (Fsp3) is 0.278. The summed E-state index contributed by atoms with van der Waals surface area (Å²) in [6.07, 6.45) is 0. The third kappa shape index (κ3) is 4.43. The molecule has 0 aliphatic heterocycles. The van der Waals surface area contributed by atoms with Gasteiger partial charge in [-0.2, -0.15) is 4.98 Å². The van der Waals surface area contributed by atoms with Gasteiger partial charge in [-0.1, -0.05) is 28.1 Å². The van der Waals surface area contributed by atoms with Crippen LogP contribution in [0.5, 0.6) is 0 Å². The van der Waals surface area contributed by atoms with Gasteiger partial charge in [-0.05, 0) is 45.0 Å². The monoisotopic (exact) mass is 438 g/mol. The van der Waals surface area contributed by atoms with Crippen molar-refractivity contribution in [2.75, 3.05) is 11.5 Å². The van der Waals surface area contributed by atoms with Gasteiger partial charge in [0.1, 0.15) is 16.7 Å². The van der Waals surface area contributed by atoms with Crippen LogP contribution >= 0.6 is 22.9 Å². The molecule has 0 radical (unpaired) electrons. The summed E-state index contributed by atoms with van der Waals surface area (Å²) < 4.78 is 23.4. The van der Waals surface area contributed by atoms with Crippen molar-refractivity contribution in [2.24, 2.45) is 0 Å². The number of thiazole rings is 1. The number of aryl methyl sites for hydroxylation is 1. The zero-order valence-corrected chi connectivity index (χ0v) is 17.3. The smallest absolute Gasteiger partial charge is 0.328 e. The lowest BCUT2D eigenvalue weighted by Crippen LogP contribution is -2.36. The highest BCUT2D eigenvalue weighted by Crippen LogP contribution is 2.36. The quantitative estimate of drug-likeness (QED) is 0.404. The molecule has 0 N–H and O–H groups in total. The van der Waals surface area contributed by atoms with Crippen molar-refractivity contribution in [3.05, 3.63) is 51.8 Å². The zero-order chi connectivity index (χ0) is 21.1. The zero-order valence-electron chi connectivity index (χ0n) is 15.7. The Hall–Kier alpha value is -2.85. The normalized spacial score (nSPS) is 11.9. The number of anilines is 2. The number of carbonyl (C=O) groups is 2. The van der Waals surface area contributed by atoms with Crippen molar-refractivity contribution < 1.29 is 23.2 Å². The molecule has 2 aromatic heterocycles. The lowest BCUT2D eigenvalue weighted by Gasteiger charge is -2.27. The topological polar surface area (TPSA) is 98.4 Å². The van der Waals surface area contributed by atoms with E-state index in [2.05, 4.69) is 15.1 Å². The predicted octanol–water partition coefficient (Wildman–Crippen LogP) is 3.95. The van der Waals surface area contributed by atoms with Gasteiger partial charge in [0.2, 0.25) is 0 Å². The second-order valence-electron chi connectivity index (χ2n) is 5.87. The number of nitrogens with zero attached hydrogens (tertiary/aromatic N) is 4. The largest absolute Gasteiger partial charge is 0.464 e. The number of halogens is 2. The van der Waals surface area contributed by atoms with Gasteiger partial charge in [0.15, 0.2) is 16.1 Å². The molecule has 152 valence electrons. The van der Waals surface area contributed by atoms with Crippen LogP contribution in [-0.4, -0.2) is 39.5 Å². The summed E-state index contributed by atoms with van der Waals surface area (Å²) in [6.45, 7) is 5.08. The van der Waals surface area contributed by atoms with Crippen LogP contribution in [0, 0.1) is 12.7 Å². The van der Waals surface area contributed by atoms with Crippen LogP contribution in [0.4, 0.5) is 15.2 Å². The molecule has 29 heavy (non-hydrogen) atoms. The van der Waals surface area contributed by atoms with Gasteiger partial charge in [-0.15, -0.1) is 0 Å². The molecule has 3 aromatic rings. The first kappa shape index (κ1) is 20.9. The number of rotatable bonds is 7. The van der Waals surface area contributed by atoms with Crippen LogP contribution in [-0.2, 0) is 9.53 Å². The van der Waals surface area contributed by atoms with E-state index >= 15 is 0 Å². The van der Waals surface area contributed by atoms with Crippen molar-refractivity contribution in [3.63, 3.8) is 0 Å². The van der Waals surface area contributed by atoms with Crippen LogP contribution in [0.15, 0.2) is 28.8 Å². The van der Waals surface area contributed by atoms with Crippen LogP contribution in [0.25, 0.3) is 0 Å². The molecule has 0 aliphatic rings. The first-order chi connectivity index (χ1) is 13.8. The van der Waals surface area contributed by atoms with Gasteiger partial charge < -0.3 is 14.2 Å². The van der Waals surface area contributed by atoms with Crippen LogP contribution < -0.4 is 4.90 Å². The minimum absolute atomic E-state index is 0.0750. The Labute approximate surface area is 174 Å². The molecule has 0 bridgehead atoms. The molecule has 8 nitrogen and oxygen atoms in total. The number of esters is 1. The van der Waals surface area contributed by atoms with Gasteiger partial charge in [0.05, 0.1) is 6.61 Å². The standard InChI is InChI=1S/C18H16ClFN4O4S/c1-4-27-17(26)9(2)24(12-7-5-11(20)6-8-12)18-22-15(19)14(29-18)13(25)16-21-10(3)23-28-16/h5-9H,4H2,1-3H3/t9-/m1/s1. The van der Waals surface area contributed by atoms with Crippen molar-refractivity contribution in [3.8, 4) is 0 Å². The Morgan fingerprint density at radius 1 is 1.31 bits per heavy atom. The molecule has 0 amide bonds. The van der Waals surface area contributed by atoms with Crippen LogP contribution in [0.1, 0.15) is 35.2 Å². The maximum absolute atomic E-state index is 13.4. The van der Waals surface area contributed by atoms with Crippen molar-refractivity contribution in [2.45, 2.75) is 26.8 Å². The van der Waals surface area contributed by atoms with E-state index in [1.54, 1.807) is 20.8 Å². The molecule has 11 heteroatoms. The number of hydrogen-bond acceptors (Lipinski definition) is 9. The van der Waals surface area contributed by atoms with E-state index in [1.807, 2.05) is 0 Å². The summed E-state index contributed by atoms with van der Waals surface area (Å²) in [7, 11) is 0. The van der Waals surface area contributed by atoms with E-state index < -0.39 is 23.6 Å². The van der Waals surface area contributed by atoms with E-state index in [4.69, 9.17) is 20.9 Å². The maximum Gasteiger partial charge on any atom is 0.328 e. The van der Waals surface area contributed by atoms with Crippen molar-refractivity contribution >= 4 is 45.5 Å². The molecule has 1 atom stereocenters. The number of ketones is 1. The van der Waals surface area contributed by atoms with E-state index in [-0.39, 0.29) is 27.7 Å². The van der Waals surface area contributed by atoms with E-state index in [0.29, 0.717) is 11.5 Å². The Balaban J connectivity index is 2.03. The number of aromatic nitrogens is 3. The average molecular weight is 439 g/mol. The van der Waals surface area contributed by atoms with Gasteiger partial charge in [-0.25, -0.2) is 14.2 Å². The second-order valence-corrected chi connectivity index (χ2v) is 7.20. The highest BCUT2D eigenvalue weighted by Gasteiger charge is 2.30. The Kier molecular flexibility index (Phi) is 6.23. The molecule has 0 unspecified atom stereocenters. The summed E-state index contributed by atoms with van der Waals surface area (Å²) in [4.78, 5) is 34.7. The summed E-state index contributed by atoms with van der Waals surface area (Å²) in [6, 6.07) is 4.67. The molecular weight excluding hydrogens is 423 g/mol. The average Bonchev–Trinajstić information content (AvgIpc) is 3.29. The molecule has 0 spiro atoms. The van der Waals surface area contributed by atoms with Crippen LogP contribution in [0.2, 0.25) is 5.15 Å². The number of hydrogen-bond donors (Lipinski definition) is 0. The Morgan fingerprint density at radius 3 is 2.59 bits per heavy atom. The highest BCUT2D eigenvalue weighted by molar-refractivity contribution is 7.18. The minimum atomic E-state index is -0.809. The fourth-order valence-electron chi connectivity index (χ4n) is 2.49. The molecule has 0 aliphatic carbocycles. The SMILES string of the molecule is CCOC(=O)[C@@H](C)N(c1ccc(F)cc1)c1nc(Cl)c(C(=O)c2nc(C)no2)s1. The minimum Gasteiger partial charge on any atom is -0.464 e. The van der Waals surface area contributed by atoms with Gasteiger partial charge in [0, 0.05) is 5.69 Å². The van der Waals surface area contributed by atoms with Crippen molar-refractivity contribution in [1.82, 2.24) is 15.1 Å². The molecule has 0 saturated carbocycles. The molecule has 0 saturated heterocycles. The number of benzene rings is 1. The fourth-order valence-corrected chi connectivity index (χ4v) is 3.81. The lowest BCUT2D eigenvalue weighted by atomic mass is 10.2. The van der Waals surface area contributed by atoms with E-state index in [1.165, 1.54) is 29.2 Å². The van der Waals surface area contributed by atoms with Gasteiger partial charge >= 0.3 is 5.97 Å². The Morgan fingerprint density at radius 2 is 2.00 bits per heavy atom. The van der Waals surface area contributed by atoms with Crippen molar-refractivity contribution in [1.29, 1.82) is 0 Å². The molecule has 3 rings (SSSR count). The highest BCUT2D eigenvalue weighted by atomic mass is 35.5. The lowest BCUT2D eigenvalue weighted by molar-refractivity contribution is -0.144. The summed E-state index contributed by atoms with van der Waals surface area (Å²) >= 11 is 7.13. The predicted molar refractivity (Wildman–Crippen MR) is 104 cm³/mol. The van der Waals surface area contributed by atoms with E-state index in [9.17, 15) is 14.0 Å². The summed E-state index contributed by atoms with van der Waals surface area (Å²) in [5.41, 5.74) is 0.477. The molecular formula is C18H16ClFN4O4S. The third-order valence-electron chi connectivity index (χ3n) is 3.83.